The van der Waals surface area contributed by atoms with Crippen LogP contribution in [0.1, 0.15) is 29.6 Å². The molecule has 6 heteroatoms. The van der Waals surface area contributed by atoms with Crippen molar-refractivity contribution >= 4 is 11.8 Å². The molecule has 0 aromatic heterocycles. The van der Waals surface area contributed by atoms with Crippen LogP contribution in [0.15, 0.2) is 24.3 Å². The van der Waals surface area contributed by atoms with E-state index in [2.05, 4.69) is 5.32 Å². The van der Waals surface area contributed by atoms with Gasteiger partial charge >= 0.3 is 0 Å². The summed E-state index contributed by atoms with van der Waals surface area (Å²) < 4.78 is 12.7. The summed E-state index contributed by atoms with van der Waals surface area (Å²) in [5.74, 6) is -1.61. The average Bonchev–Trinajstić information content (AvgIpc) is 2.38. The summed E-state index contributed by atoms with van der Waals surface area (Å²) in [7, 11) is 0. The Balaban J connectivity index is 2.63. The summed E-state index contributed by atoms with van der Waals surface area (Å²) in [6.45, 7) is 0. The number of hydrogen-bond donors (Lipinski definition) is 2. The lowest BCUT2D eigenvalue weighted by atomic mass is 10.1. The maximum Gasteiger partial charge on any atom is 0.251 e. The van der Waals surface area contributed by atoms with Crippen LogP contribution >= 0.6 is 0 Å². The van der Waals surface area contributed by atoms with E-state index in [0.29, 0.717) is 12.8 Å². The molecule has 0 bridgehead atoms. The zero-order valence-electron chi connectivity index (χ0n) is 10.2. The minimum atomic E-state index is -0.828. The highest BCUT2D eigenvalue weighted by atomic mass is 19.1. The molecular weight excluding hydrogens is 249 g/mol. The first-order valence-electron chi connectivity index (χ1n) is 5.77. The molecule has 19 heavy (non-hydrogen) atoms. The van der Waals surface area contributed by atoms with Gasteiger partial charge in [0, 0.05) is 12.0 Å². The van der Waals surface area contributed by atoms with Gasteiger partial charge in [-0.25, -0.2) is 4.39 Å². The number of nitrogens with one attached hydrogen (secondary N) is 1. The Hall–Kier alpha value is -2.42. The number of benzene rings is 1. The van der Waals surface area contributed by atoms with Crippen molar-refractivity contribution in [2.24, 2.45) is 5.73 Å². The first-order chi connectivity index (χ1) is 9.04. The summed E-state index contributed by atoms with van der Waals surface area (Å²) in [4.78, 5) is 23.0. The van der Waals surface area contributed by atoms with E-state index in [1.165, 1.54) is 12.1 Å². The number of halogens is 1. The van der Waals surface area contributed by atoms with Crippen LogP contribution in [0.25, 0.3) is 0 Å². The zero-order chi connectivity index (χ0) is 14.3. The van der Waals surface area contributed by atoms with E-state index in [1.807, 2.05) is 6.07 Å². The molecule has 100 valence electrons. The molecule has 0 spiro atoms. The minimum Gasteiger partial charge on any atom is -0.368 e. The fourth-order valence-corrected chi connectivity index (χ4v) is 1.51. The topological polar surface area (TPSA) is 96.0 Å². The minimum absolute atomic E-state index is 0.243. The van der Waals surface area contributed by atoms with E-state index in [1.54, 1.807) is 0 Å². The van der Waals surface area contributed by atoms with Gasteiger partial charge in [0.25, 0.3) is 5.91 Å². The second kappa shape index (κ2) is 7.11. The first kappa shape index (κ1) is 14.6. The van der Waals surface area contributed by atoms with E-state index in [0.717, 1.165) is 12.1 Å². The fraction of sp³-hybridized carbons (Fsp3) is 0.308. The Morgan fingerprint density at radius 2 is 2.00 bits per heavy atom. The molecule has 0 fully saturated rings. The lowest BCUT2D eigenvalue weighted by Crippen LogP contribution is -2.44. The Morgan fingerprint density at radius 1 is 1.37 bits per heavy atom. The summed E-state index contributed by atoms with van der Waals surface area (Å²) in [5, 5.41) is 10.9. The van der Waals surface area contributed by atoms with Crippen LogP contribution in [-0.4, -0.2) is 17.9 Å². The number of rotatable bonds is 6. The average molecular weight is 263 g/mol. The Bertz CT molecular complexity index is 494. The van der Waals surface area contributed by atoms with Crippen LogP contribution in [0.3, 0.4) is 0 Å². The van der Waals surface area contributed by atoms with Crippen molar-refractivity contribution in [3.05, 3.63) is 35.6 Å². The molecule has 1 rings (SSSR count). The van der Waals surface area contributed by atoms with E-state index in [-0.39, 0.29) is 12.0 Å². The van der Waals surface area contributed by atoms with Gasteiger partial charge in [-0.05, 0) is 37.1 Å². The maximum absolute atomic E-state index is 12.7. The van der Waals surface area contributed by atoms with Crippen molar-refractivity contribution in [1.29, 1.82) is 5.26 Å². The molecule has 0 heterocycles. The quantitative estimate of drug-likeness (QED) is 0.752. The molecule has 0 saturated heterocycles. The molecule has 1 aromatic rings. The third-order valence-electron chi connectivity index (χ3n) is 2.54. The van der Waals surface area contributed by atoms with Crippen molar-refractivity contribution < 1.29 is 14.0 Å². The molecule has 1 aromatic carbocycles. The Kier molecular flexibility index (Phi) is 5.48. The third kappa shape index (κ3) is 4.76. The van der Waals surface area contributed by atoms with Crippen molar-refractivity contribution in [2.45, 2.75) is 25.3 Å². The number of nitrogens with zero attached hydrogens (tertiary/aromatic N) is 1. The zero-order valence-corrected chi connectivity index (χ0v) is 10.2. The van der Waals surface area contributed by atoms with E-state index in [9.17, 15) is 14.0 Å². The van der Waals surface area contributed by atoms with Crippen LogP contribution in [0, 0.1) is 17.1 Å². The standard InChI is InChI=1S/C13H14FN3O2/c14-10-6-4-9(5-7-10)13(19)17-11(12(16)18)3-1-2-8-15/h4-7,11H,1-3H2,(H2,16,18)(H,17,19)/t11-/m1/s1. The molecule has 0 radical (unpaired) electrons. The van der Waals surface area contributed by atoms with Gasteiger partial charge in [-0.1, -0.05) is 0 Å². The highest BCUT2D eigenvalue weighted by Crippen LogP contribution is 2.05. The summed E-state index contributed by atoms with van der Waals surface area (Å²) in [5.41, 5.74) is 5.42. The van der Waals surface area contributed by atoms with Crippen molar-refractivity contribution in [1.82, 2.24) is 5.32 Å². The normalized spacial score (nSPS) is 11.4. The lowest BCUT2D eigenvalue weighted by Gasteiger charge is -2.14. The number of carbonyl (C=O) groups excluding carboxylic acids is 2. The number of nitriles is 1. The highest BCUT2D eigenvalue weighted by molar-refractivity contribution is 5.97. The van der Waals surface area contributed by atoms with Crippen molar-refractivity contribution in [2.75, 3.05) is 0 Å². The van der Waals surface area contributed by atoms with Crippen LogP contribution in [0.2, 0.25) is 0 Å². The molecule has 0 saturated carbocycles. The van der Waals surface area contributed by atoms with Gasteiger partial charge in [-0.2, -0.15) is 5.26 Å². The number of hydrogen-bond acceptors (Lipinski definition) is 3. The van der Waals surface area contributed by atoms with E-state index >= 15 is 0 Å². The number of amides is 2. The van der Waals surface area contributed by atoms with Gasteiger partial charge in [-0.3, -0.25) is 9.59 Å². The smallest absolute Gasteiger partial charge is 0.251 e. The third-order valence-corrected chi connectivity index (χ3v) is 2.54. The monoisotopic (exact) mass is 263 g/mol. The van der Waals surface area contributed by atoms with Crippen LogP contribution < -0.4 is 11.1 Å². The molecule has 0 aliphatic rings. The van der Waals surface area contributed by atoms with Gasteiger partial charge < -0.3 is 11.1 Å². The fourth-order valence-electron chi connectivity index (χ4n) is 1.51. The van der Waals surface area contributed by atoms with Crippen LogP contribution in [-0.2, 0) is 4.79 Å². The molecule has 5 nitrogen and oxygen atoms in total. The SMILES string of the molecule is N#CCCC[C@@H](NC(=O)c1ccc(F)cc1)C(N)=O. The first-order valence-corrected chi connectivity index (χ1v) is 5.77. The molecular formula is C13H14FN3O2. The molecule has 1 atom stereocenters. The number of carbonyl (C=O) groups is 2. The van der Waals surface area contributed by atoms with Crippen LogP contribution in [0.4, 0.5) is 4.39 Å². The second-order valence-electron chi connectivity index (χ2n) is 3.99. The largest absolute Gasteiger partial charge is 0.368 e. The maximum atomic E-state index is 12.7. The number of unbranched alkanes of at least 4 members (excludes halogenated alkanes) is 1. The molecule has 2 amide bonds. The highest BCUT2D eigenvalue weighted by Gasteiger charge is 2.18. The van der Waals surface area contributed by atoms with Gasteiger partial charge in [0.2, 0.25) is 5.91 Å². The van der Waals surface area contributed by atoms with Crippen molar-refractivity contribution in [3.63, 3.8) is 0 Å². The van der Waals surface area contributed by atoms with Gasteiger partial charge in [0.05, 0.1) is 6.07 Å². The predicted octanol–water partition coefficient (Wildman–Crippen LogP) is 1.10. The molecule has 3 N–H and O–H groups in total. The van der Waals surface area contributed by atoms with Gasteiger partial charge in [0.1, 0.15) is 11.9 Å². The van der Waals surface area contributed by atoms with Crippen LogP contribution in [0.5, 0.6) is 0 Å². The van der Waals surface area contributed by atoms with Crippen molar-refractivity contribution in [3.8, 4) is 6.07 Å². The molecule has 0 aliphatic heterocycles. The Labute approximate surface area is 110 Å². The molecule has 0 unspecified atom stereocenters. The number of nitrogens with two attached hydrogens (primary N) is 1. The van der Waals surface area contributed by atoms with E-state index < -0.39 is 23.7 Å². The lowest BCUT2D eigenvalue weighted by molar-refractivity contribution is -0.120. The summed E-state index contributed by atoms with van der Waals surface area (Å²) >= 11 is 0. The second-order valence-corrected chi connectivity index (χ2v) is 3.99. The van der Waals surface area contributed by atoms with Gasteiger partial charge in [0.15, 0.2) is 0 Å². The molecule has 0 aliphatic carbocycles. The predicted molar refractivity (Wildman–Crippen MR) is 66.3 cm³/mol. The summed E-state index contributed by atoms with van der Waals surface area (Å²) in [6.07, 6.45) is 1.06. The summed E-state index contributed by atoms with van der Waals surface area (Å²) in [6, 6.07) is 6.07. The van der Waals surface area contributed by atoms with Gasteiger partial charge in [-0.15, -0.1) is 0 Å². The number of primary amides is 1. The Morgan fingerprint density at radius 3 is 2.53 bits per heavy atom. The van der Waals surface area contributed by atoms with E-state index in [4.69, 9.17) is 11.0 Å².